The molecule has 1 atom stereocenters. The van der Waals surface area contributed by atoms with Gasteiger partial charge in [0.15, 0.2) is 11.5 Å². The minimum atomic E-state index is -3.85. The van der Waals surface area contributed by atoms with Gasteiger partial charge in [-0.15, -0.1) is 0 Å². The molecule has 0 aliphatic carbocycles. The summed E-state index contributed by atoms with van der Waals surface area (Å²) in [5.74, 6) is 0.00867. The van der Waals surface area contributed by atoms with Gasteiger partial charge in [0.05, 0.1) is 26.2 Å². The van der Waals surface area contributed by atoms with Crippen molar-refractivity contribution in [2.75, 3.05) is 37.9 Å². The van der Waals surface area contributed by atoms with Crippen molar-refractivity contribution >= 4 is 27.5 Å². The van der Waals surface area contributed by atoms with Gasteiger partial charge in [-0.2, -0.15) is 0 Å². The molecular weight excluding hydrogens is 482 g/mol. The zero-order chi connectivity index (χ0) is 26.9. The summed E-state index contributed by atoms with van der Waals surface area (Å²) in [4.78, 5) is 28.2. The fourth-order valence-corrected chi connectivity index (χ4v) is 4.69. The molecule has 0 radical (unpaired) electrons. The first-order valence-electron chi connectivity index (χ1n) is 11.9. The number of methoxy groups -OCH3 is 2. The molecule has 1 N–H and O–H groups in total. The van der Waals surface area contributed by atoms with E-state index in [2.05, 4.69) is 5.32 Å². The Morgan fingerprint density at radius 2 is 1.69 bits per heavy atom. The first-order chi connectivity index (χ1) is 17.1. The van der Waals surface area contributed by atoms with Gasteiger partial charge in [-0.3, -0.25) is 13.9 Å². The molecular formula is C26H37N3O6S. The number of sulfonamides is 1. The van der Waals surface area contributed by atoms with Crippen molar-refractivity contribution in [1.82, 2.24) is 10.2 Å². The summed E-state index contributed by atoms with van der Waals surface area (Å²) >= 11 is 0. The van der Waals surface area contributed by atoms with E-state index in [0.29, 0.717) is 24.5 Å². The van der Waals surface area contributed by atoms with E-state index in [1.54, 1.807) is 12.1 Å². The Kier molecular flexibility index (Phi) is 10.6. The predicted octanol–water partition coefficient (Wildman–Crippen LogP) is 3.11. The fourth-order valence-electron chi connectivity index (χ4n) is 3.85. The summed E-state index contributed by atoms with van der Waals surface area (Å²) in [6.45, 7) is 5.90. The van der Waals surface area contributed by atoms with Crippen molar-refractivity contribution < 1.29 is 27.5 Å². The lowest BCUT2D eigenvalue weighted by molar-refractivity contribution is -0.140. The van der Waals surface area contributed by atoms with E-state index in [1.165, 1.54) is 25.2 Å². The van der Waals surface area contributed by atoms with Gasteiger partial charge in [-0.05, 0) is 43.0 Å². The second-order valence-corrected chi connectivity index (χ2v) is 10.4. The standard InChI is InChI=1S/C26H37N3O6S/c1-7-15-27-26(31)22(8-2)28(17-20-12-10-9-11-19(20)3)25(30)18-29(36(6,32)33)21-13-14-23(34-4)24(16-21)35-5/h9-14,16,22H,7-8,15,17-18H2,1-6H3,(H,27,31). The summed E-state index contributed by atoms with van der Waals surface area (Å²) in [5.41, 5.74) is 2.10. The largest absolute Gasteiger partial charge is 0.493 e. The highest BCUT2D eigenvalue weighted by molar-refractivity contribution is 7.92. The third-order valence-corrected chi connectivity index (χ3v) is 7.01. The topological polar surface area (TPSA) is 105 Å². The highest BCUT2D eigenvalue weighted by atomic mass is 32.2. The van der Waals surface area contributed by atoms with E-state index >= 15 is 0 Å². The average Bonchev–Trinajstić information content (AvgIpc) is 2.85. The van der Waals surface area contributed by atoms with Crippen LogP contribution in [0.25, 0.3) is 0 Å². The van der Waals surface area contributed by atoms with Crippen molar-refractivity contribution in [3.8, 4) is 11.5 Å². The third-order valence-electron chi connectivity index (χ3n) is 5.87. The second-order valence-electron chi connectivity index (χ2n) is 8.47. The average molecular weight is 520 g/mol. The maximum atomic E-state index is 13.7. The molecule has 198 valence electrons. The van der Waals surface area contributed by atoms with Crippen molar-refractivity contribution in [3.63, 3.8) is 0 Å². The SMILES string of the molecule is CCCNC(=O)C(CC)N(Cc1ccccc1C)C(=O)CN(c1ccc(OC)c(OC)c1)S(C)(=O)=O. The number of hydrogen-bond acceptors (Lipinski definition) is 6. The van der Waals surface area contributed by atoms with Crippen LogP contribution in [-0.4, -0.2) is 64.7 Å². The molecule has 9 nitrogen and oxygen atoms in total. The van der Waals surface area contributed by atoms with E-state index in [9.17, 15) is 18.0 Å². The molecule has 0 heterocycles. The molecule has 0 saturated carbocycles. The predicted molar refractivity (Wildman–Crippen MR) is 141 cm³/mol. The van der Waals surface area contributed by atoms with Gasteiger partial charge in [0.25, 0.3) is 0 Å². The van der Waals surface area contributed by atoms with E-state index in [4.69, 9.17) is 9.47 Å². The number of hydrogen-bond donors (Lipinski definition) is 1. The van der Waals surface area contributed by atoms with Crippen molar-refractivity contribution in [3.05, 3.63) is 53.6 Å². The number of rotatable bonds is 13. The van der Waals surface area contributed by atoms with Gasteiger partial charge in [-0.1, -0.05) is 38.1 Å². The molecule has 0 aliphatic rings. The highest BCUT2D eigenvalue weighted by Gasteiger charge is 2.32. The number of ether oxygens (including phenoxy) is 2. The third kappa shape index (κ3) is 7.36. The Bertz CT molecular complexity index is 1150. The molecule has 36 heavy (non-hydrogen) atoms. The summed E-state index contributed by atoms with van der Waals surface area (Å²) in [6.07, 6.45) is 2.17. The van der Waals surface area contributed by atoms with Crippen LogP contribution in [0.4, 0.5) is 5.69 Å². The molecule has 1 unspecified atom stereocenters. The number of benzene rings is 2. The number of anilines is 1. The van der Waals surface area contributed by atoms with Crippen LogP contribution >= 0.6 is 0 Å². The van der Waals surface area contributed by atoms with Crippen LogP contribution in [0.15, 0.2) is 42.5 Å². The van der Waals surface area contributed by atoms with Gasteiger partial charge in [0.1, 0.15) is 12.6 Å². The lowest BCUT2D eigenvalue weighted by Gasteiger charge is -2.33. The van der Waals surface area contributed by atoms with Crippen LogP contribution in [0.2, 0.25) is 0 Å². The summed E-state index contributed by atoms with van der Waals surface area (Å²) in [7, 11) is -0.924. The van der Waals surface area contributed by atoms with E-state index in [-0.39, 0.29) is 18.1 Å². The molecule has 0 bridgehead atoms. The van der Waals surface area contributed by atoms with Crippen LogP contribution in [-0.2, 0) is 26.2 Å². The van der Waals surface area contributed by atoms with Crippen molar-refractivity contribution in [1.29, 1.82) is 0 Å². The van der Waals surface area contributed by atoms with E-state index in [1.807, 2.05) is 45.0 Å². The summed E-state index contributed by atoms with van der Waals surface area (Å²) in [6, 6.07) is 11.5. The lowest BCUT2D eigenvalue weighted by atomic mass is 10.1. The molecule has 2 rings (SSSR count). The molecule has 2 amide bonds. The number of carbonyl (C=O) groups is 2. The smallest absolute Gasteiger partial charge is 0.244 e. The summed E-state index contributed by atoms with van der Waals surface area (Å²) in [5, 5.41) is 2.87. The van der Waals surface area contributed by atoms with Gasteiger partial charge in [0, 0.05) is 19.2 Å². The second kappa shape index (κ2) is 13.2. The quantitative estimate of drug-likeness (QED) is 0.436. The number of nitrogens with one attached hydrogen (secondary N) is 1. The molecule has 0 spiro atoms. The Balaban J connectivity index is 2.48. The van der Waals surface area contributed by atoms with Gasteiger partial charge < -0.3 is 19.7 Å². The normalized spacial score (nSPS) is 11.9. The molecule has 0 saturated heterocycles. The monoisotopic (exact) mass is 519 g/mol. The molecule has 0 aliphatic heterocycles. The molecule has 0 aromatic heterocycles. The molecule has 10 heteroatoms. The number of carbonyl (C=O) groups excluding carboxylic acids is 2. The maximum Gasteiger partial charge on any atom is 0.244 e. The zero-order valence-electron chi connectivity index (χ0n) is 21.9. The zero-order valence-corrected chi connectivity index (χ0v) is 22.7. The van der Waals surface area contributed by atoms with Gasteiger partial charge in [0.2, 0.25) is 21.8 Å². The van der Waals surface area contributed by atoms with Crippen LogP contribution in [0.3, 0.4) is 0 Å². The number of amides is 2. The Morgan fingerprint density at radius 3 is 2.25 bits per heavy atom. The molecule has 0 fully saturated rings. The lowest BCUT2D eigenvalue weighted by Crippen LogP contribution is -2.52. The van der Waals surface area contributed by atoms with Crippen LogP contribution < -0.4 is 19.1 Å². The van der Waals surface area contributed by atoms with Crippen LogP contribution in [0, 0.1) is 6.92 Å². The fraction of sp³-hybridized carbons (Fsp3) is 0.462. The van der Waals surface area contributed by atoms with Crippen LogP contribution in [0.1, 0.15) is 37.8 Å². The van der Waals surface area contributed by atoms with E-state index in [0.717, 1.165) is 28.1 Å². The number of aryl methyl sites for hydroxylation is 1. The molecule has 2 aromatic rings. The molecule has 2 aromatic carbocycles. The Hall–Kier alpha value is -3.27. The Morgan fingerprint density at radius 1 is 1.03 bits per heavy atom. The van der Waals surface area contributed by atoms with Gasteiger partial charge in [-0.25, -0.2) is 8.42 Å². The summed E-state index contributed by atoms with van der Waals surface area (Å²) < 4.78 is 37.1. The Labute approximate surface area is 214 Å². The highest BCUT2D eigenvalue weighted by Crippen LogP contribution is 2.32. The van der Waals surface area contributed by atoms with Crippen molar-refractivity contribution in [2.45, 2.75) is 46.2 Å². The van der Waals surface area contributed by atoms with E-state index < -0.39 is 28.5 Å². The van der Waals surface area contributed by atoms with Gasteiger partial charge >= 0.3 is 0 Å². The first-order valence-corrected chi connectivity index (χ1v) is 13.7. The van der Waals surface area contributed by atoms with Crippen LogP contribution in [0.5, 0.6) is 11.5 Å². The minimum Gasteiger partial charge on any atom is -0.493 e. The van der Waals surface area contributed by atoms with Crippen molar-refractivity contribution in [2.24, 2.45) is 0 Å². The number of nitrogens with zero attached hydrogens (tertiary/aromatic N) is 2. The first kappa shape index (κ1) is 29.0. The maximum absolute atomic E-state index is 13.7. The minimum absolute atomic E-state index is 0.174.